The molecule has 0 aromatic rings. The van der Waals surface area contributed by atoms with Crippen LogP contribution >= 0.6 is 0 Å². The molecule has 0 saturated carbocycles. The van der Waals surface area contributed by atoms with Crippen LogP contribution in [0.25, 0.3) is 0 Å². The summed E-state index contributed by atoms with van der Waals surface area (Å²) in [5.41, 5.74) is 0. The van der Waals surface area contributed by atoms with Crippen molar-refractivity contribution in [3.63, 3.8) is 0 Å². The van der Waals surface area contributed by atoms with Crippen LogP contribution in [0, 0.1) is 0 Å². The Labute approximate surface area is 115 Å². The number of aldehydes is 1. The van der Waals surface area contributed by atoms with Gasteiger partial charge in [0.1, 0.15) is 6.29 Å². The van der Waals surface area contributed by atoms with E-state index in [-0.39, 0.29) is 7.43 Å². The lowest BCUT2D eigenvalue weighted by molar-refractivity contribution is -0.107. The van der Waals surface area contributed by atoms with Crippen LogP contribution in [0.1, 0.15) is 91.4 Å². The van der Waals surface area contributed by atoms with Crippen LogP contribution in [-0.2, 0) is 4.79 Å². The number of allylic oxidation sites excluding steroid dienone is 2. The van der Waals surface area contributed by atoms with Gasteiger partial charge in [-0.3, -0.25) is 0 Å². The molecule has 0 radical (unpaired) electrons. The molecule has 0 N–H and O–H groups in total. The van der Waals surface area contributed by atoms with Crippen molar-refractivity contribution in [1.82, 2.24) is 0 Å². The Morgan fingerprint density at radius 3 is 1.61 bits per heavy atom. The lowest BCUT2D eigenvalue weighted by Gasteiger charge is -1.99. The van der Waals surface area contributed by atoms with Crippen molar-refractivity contribution in [2.24, 2.45) is 0 Å². The zero-order chi connectivity index (χ0) is 12.6. The first-order valence-corrected chi connectivity index (χ1v) is 7.50. The van der Waals surface area contributed by atoms with Crippen LogP contribution in [0.4, 0.5) is 0 Å². The average molecular weight is 254 g/mol. The van der Waals surface area contributed by atoms with E-state index in [4.69, 9.17) is 0 Å². The van der Waals surface area contributed by atoms with Crippen LogP contribution < -0.4 is 0 Å². The second kappa shape index (κ2) is 18.8. The maximum Gasteiger partial charge on any atom is 0.119 e. The molecule has 18 heavy (non-hydrogen) atoms. The minimum Gasteiger partial charge on any atom is -0.303 e. The van der Waals surface area contributed by atoms with Gasteiger partial charge in [0.2, 0.25) is 0 Å². The second-order valence-corrected chi connectivity index (χ2v) is 4.83. The molecule has 0 bridgehead atoms. The van der Waals surface area contributed by atoms with Gasteiger partial charge in [0.05, 0.1) is 0 Å². The fourth-order valence-corrected chi connectivity index (χ4v) is 1.93. The topological polar surface area (TPSA) is 17.1 Å². The van der Waals surface area contributed by atoms with E-state index in [1.165, 1.54) is 64.2 Å². The van der Waals surface area contributed by atoms with Crippen molar-refractivity contribution < 1.29 is 4.79 Å². The quantitative estimate of drug-likeness (QED) is 0.221. The second-order valence-electron chi connectivity index (χ2n) is 4.83. The first-order valence-electron chi connectivity index (χ1n) is 7.50. The summed E-state index contributed by atoms with van der Waals surface area (Å²) in [4.78, 5) is 10.1. The molecule has 0 aromatic carbocycles. The standard InChI is InChI=1S/C16H30O.CH4/c1-2-3-4-5-6-7-8-9-10-11-12-13-14-15-16-17;/h5-6,16H,2-4,7-15H2,1H3;1H4/b6-5-;. The molecule has 0 rings (SSSR count). The average Bonchev–Trinajstić information content (AvgIpc) is 2.35. The van der Waals surface area contributed by atoms with E-state index >= 15 is 0 Å². The Morgan fingerprint density at radius 2 is 1.11 bits per heavy atom. The number of hydrogen-bond donors (Lipinski definition) is 0. The summed E-state index contributed by atoms with van der Waals surface area (Å²) >= 11 is 0. The summed E-state index contributed by atoms with van der Waals surface area (Å²) in [7, 11) is 0. The molecule has 0 saturated heterocycles. The molecule has 0 aliphatic heterocycles. The Balaban J connectivity index is 0. The van der Waals surface area contributed by atoms with E-state index in [9.17, 15) is 4.79 Å². The molecule has 1 nitrogen and oxygen atoms in total. The van der Waals surface area contributed by atoms with Gasteiger partial charge in [0, 0.05) is 6.42 Å². The molecule has 0 aliphatic rings. The van der Waals surface area contributed by atoms with Gasteiger partial charge in [0.25, 0.3) is 0 Å². The maximum absolute atomic E-state index is 10.1. The lowest BCUT2D eigenvalue weighted by atomic mass is 10.1. The molecular weight excluding hydrogens is 220 g/mol. The van der Waals surface area contributed by atoms with Crippen molar-refractivity contribution in [3.05, 3.63) is 12.2 Å². The number of rotatable bonds is 13. The summed E-state index contributed by atoms with van der Waals surface area (Å²) in [6.07, 6.45) is 20.7. The number of carbonyl (C=O) groups is 1. The molecule has 0 spiro atoms. The molecule has 1 heteroatoms. The van der Waals surface area contributed by atoms with Crippen LogP contribution in [0.15, 0.2) is 12.2 Å². The molecule has 0 unspecified atom stereocenters. The Bertz CT molecular complexity index is 172. The third-order valence-electron chi connectivity index (χ3n) is 3.08. The highest BCUT2D eigenvalue weighted by Gasteiger charge is 1.91. The van der Waals surface area contributed by atoms with E-state index in [1.807, 2.05) is 0 Å². The minimum atomic E-state index is 0. The maximum atomic E-state index is 10.1. The fourth-order valence-electron chi connectivity index (χ4n) is 1.93. The predicted molar refractivity (Wildman–Crippen MR) is 83.0 cm³/mol. The molecule has 0 aliphatic carbocycles. The Kier molecular flexibility index (Phi) is 20.6. The van der Waals surface area contributed by atoms with Crippen molar-refractivity contribution in [2.45, 2.75) is 91.4 Å². The lowest BCUT2D eigenvalue weighted by Crippen LogP contribution is -1.81. The van der Waals surface area contributed by atoms with Gasteiger partial charge in [0.15, 0.2) is 0 Å². The van der Waals surface area contributed by atoms with E-state index in [0.717, 1.165) is 19.1 Å². The summed E-state index contributed by atoms with van der Waals surface area (Å²) in [6.45, 7) is 2.24. The molecule has 0 atom stereocenters. The summed E-state index contributed by atoms with van der Waals surface area (Å²) < 4.78 is 0. The van der Waals surface area contributed by atoms with Crippen molar-refractivity contribution in [2.75, 3.05) is 0 Å². The van der Waals surface area contributed by atoms with Crippen LogP contribution in [-0.4, -0.2) is 6.29 Å². The highest BCUT2D eigenvalue weighted by Crippen LogP contribution is 2.09. The van der Waals surface area contributed by atoms with Crippen molar-refractivity contribution >= 4 is 6.29 Å². The van der Waals surface area contributed by atoms with E-state index in [0.29, 0.717) is 0 Å². The van der Waals surface area contributed by atoms with Gasteiger partial charge in [-0.15, -0.1) is 0 Å². The number of hydrogen-bond acceptors (Lipinski definition) is 1. The third kappa shape index (κ3) is 17.8. The Morgan fingerprint density at radius 1 is 0.667 bits per heavy atom. The fraction of sp³-hybridized carbons (Fsp3) is 0.824. The van der Waals surface area contributed by atoms with Crippen molar-refractivity contribution in [1.29, 1.82) is 0 Å². The smallest absolute Gasteiger partial charge is 0.119 e. The normalized spacial score (nSPS) is 10.5. The molecule has 0 amide bonds. The van der Waals surface area contributed by atoms with E-state index < -0.39 is 0 Å². The van der Waals surface area contributed by atoms with Gasteiger partial charge < -0.3 is 4.79 Å². The summed E-state index contributed by atoms with van der Waals surface area (Å²) in [5, 5.41) is 0. The highest BCUT2D eigenvalue weighted by atomic mass is 16.1. The van der Waals surface area contributed by atoms with Crippen LogP contribution in [0.2, 0.25) is 0 Å². The van der Waals surface area contributed by atoms with Crippen LogP contribution in [0.5, 0.6) is 0 Å². The van der Waals surface area contributed by atoms with E-state index in [2.05, 4.69) is 19.1 Å². The minimum absolute atomic E-state index is 0. The van der Waals surface area contributed by atoms with Crippen LogP contribution in [0.3, 0.4) is 0 Å². The Hall–Kier alpha value is -0.590. The van der Waals surface area contributed by atoms with Gasteiger partial charge in [-0.25, -0.2) is 0 Å². The number of unbranched alkanes of at least 4 members (excludes halogenated alkanes) is 10. The largest absolute Gasteiger partial charge is 0.303 e. The molecular formula is C17H34O. The number of carbonyl (C=O) groups excluding carboxylic acids is 1. The molecule has 0 aromatic heterocycles. The third-order valence-corrected chi connectivity index (χ3v) is 3.08. The molecule has 108 valence electrons. The zero-order valence-electron chi connectivity index (χ0n) is 11.6. The highest BCUT2D eigenvalue weighted by molar-refractivity contribution is 5.48. The van der Waals surface area contributed by atoms with Gasteiger partial charge in [-0.2, -0.15) is 0 Å². The van der Waals surface area contributed by atoms with Crippen molar-refractivity contribution in [3.8, 4) is 0 Å². The molecule has 0 fully saturated rings. The monoisotopic (exact) mass is 254 g/mol. The molecule has 0 heterocycles. The predicted octanol–water partition coefficient (Wildman–Crippen LogP) is 6.08. The first kappa shape index (κ1) is 19.7. The van der Waals surface area contributed by atoms with Gasteiger partial charge >= 0.3 is 0 Å². The first-order chi connectivity index (χ1) is 8.41. The summed E-state index contributed by atoms with van der Waals surface area (Å²) in [6, 6.07) is 0. The van der Waals surface area contributed by atoms with Gasteiger partial charge in [-0.1, -0.05) is 71.4 Å². The zero-order valence-corrected chi connectivity index (χ0v) is 11.6. The van der Waals surface area contributed by atoms with Gasteiger partial charge in [-0.05, 0) is 25.7 Å². The summed E-state index contributed by atoms with van der Waals surface area (Å²) in [5.74, 6) is 0. The SMILES string of the molecule is C.CCCC/C=C\CCCCCCCCCC=O. The van der Waals surface area contributed by atoms with E-state index in [1.54, 1.807) is 0 Å².